The van der Waals surface area contributed by atoms with E-state index >= 15 is 0 Å². The van der Waals surface area contributed by atoms with Crippen LogP contribution < -0.4 is 4.90 Å². The number of anilines is 1. The monoisotopic (exact) mass is 431 g/mol. The maximum absolute atomic E-state index is 12.4. The number of nitrogens with zero attached hydrogens (tertiary/aromatic N) is 1. The third-order valence-electron chi connectivity index (χ3n) is 6.11. The van der Waals surface area contributed by atoms with Crippen LogP contribution in [0.25, 0.3) is 21.9 Å². The summed E-state index contributed by atoms with van der Waals surface area (Å²) in [6, 6.07) is 18.8. The molecule has 0 aliphatic carbocycles. The summed E-state index contributed by atoms with van der Waals surface area (Å²) < 4.78 is 6.11. The molecule has 4 rings (SSSR count). The topological polar surface area (TPSA) is 49.8 Å². The average Bonchev–Trinajstić information content (AvgIpc) is 2.77. The smallest absolute Gasteiger partial charge is 0.337 e. The van der Waals surface area contributed by atoms with Crippen molar-refractivity contribution in [1.29, 1.82) is 0 Å². The van der Waals surface area contributed by atoms with Crippen LogP contribution in [0.1, 0.15) is 57.3 Å². The minimum atomic E-state index is -1.05. The molecule has 0 saturated carbocycles. The number of carbonyl (C=O) groups is 1. The second-order valence-corrected chi connectivity index (χ2v) is 9.75. The van der Waals surface area contributed by atoms with E-state index in [4.69, 9.17) is 4.74 Å². The number of aliphatic carboxylic acids is 1. The lowest BCUT2D eigenvalue weighted by molar-refractivity contribution is -0.160. The predicted molar refractivity (Wildman–Crippen MR) is 131 cm³/mol. The van der Waals surface area contributed by atoms with Gasteiger partial charge in [-0.25, -0.2) is 4.79 Å². The molecule has 168 valence electrons. The lowest BCUT2D eigenvalue weighted by Gasteiger charge is -2.30. The van der Waals surface area contributed by atoms with Gasteiger partial charge in [0, 0.05) is 24.3 Å². The number of piperidine rings is 1. The van der Waals surface area contributed by atoms with E-state index in [1.54, 1.807) is 0 Å². The average molecular weight is 432 g/mol. The number of aryl methyl sites for hydroxylation is 1. The van der Waals surface area contributed by atoms with Crippen molar-refractivity contribution in [2.45, 2.75) is 58.7 Å². The molecule has 4 heteroatoms. The fraction of sp³-hybridized carbons (Fsp3) is 0.393. The molecule has 0 bridgehead atoms. The Bertz CT molecular complexity index is 1120. The molecule has 1 N–H and O–H groups in total. The van der Waals surface area contributed by atoms with Gasteiger partial charge in [0.2, 0.25) is 0 Å². The molecular formula is C28H33NO3. The number of carboxylic acid groups (broad SMARTS) is 1. The zero-order chi connectivity index (χ0) is 22.9. The fourth-order valence-corrected chi connectivity index (χ4v) is 4.75. The number of ether oxygens (including phenoxy) is 1. The molecule has 0 spiro atoms. The zero-order valence-corrected chi connectivity index (χ0v) is 19.5. The molecule has 3 aromatic rings. The molecule has 1 saturated heterocycles. The SMILES string of the molecule is Cc1cc2ccccc2c(-c2cccc(N3CCCCC3)c2)c1[C@H](OC(C)(C)C)C(=O)O. The minimum absolute atomic E-state index is 0.589. The van der Waals surface area contributed by atoms with Crippen LogP contribution in [-0.4, -0.2) is 29.8 Å². The van der Waals surface area contributed by atoms with E-state index in [1.165, 1.54) is 24.9 Å². The van der Waals surface area contributed by atoms with Gasteiger partial charge in [0.05, 0.1) is 5.60 Å². The quantitative estimate of drug-likeness (QED) is 0.486. The number of hydrogen-bond donors (Lipinski definition) is 1. The van der Waals surface area contributed by atoms with Gasteiger partial charge in [0.25, 0.3) is 0 Å². The lowest BCUT2D eigenvalue weighted by Crippen LogP contribution is -2.29. The number of fused-ring (bicyclic) bond motifs is 1. The van der Waals surface area contributed by atoms with E-state index in [2.05, 4.69) is 47.4 Å². The summed E-state index contributed by atoms with van der Waals surface area (Å²) in [6.45, 7) is 9.81. The third kappa shape index (κ3) is 4.66. The summed E-state index contributed by atoms with van der Waals surface area (Å²) in [6.07, 6.45) is 2.66. The molecule has 0 aromatic heterocycles. The standard InChI is InChI=1S/C28H33NO3/c1-19-17-20-11-6-7-14-23(20)25(24(19)26(27(30)31)32-28(2,3)4)21-12-10-13-22(18-21)29-15-8-5-9-16-29/h6-7,10-14,17-18,26H,5,8-9,15-16H2,1-4H3,(H,30,31)/t26-/m0/s1. The van der Waals surface area contributed by atoms with Crippen molar-refractivity contribution >= 4 is 22.4 Å². The molecule has 0 radical (unpaired) electrons. The molecule has 3 aromatic carbocycles. The first-order valence-electron chi connectivity index (χ1n) is 11.5. The third-order valence-corrected chi connectivity index (χ3v) is 6.11. The second-order valence-electron chi connectivity index (χ2n) is 9.75. The Morgan fingerprint density at radius 1 is 1.00 bits per heavy atom. The highest BCUT2D eigenvalue weighted by molar-refractivity contribution is 6.01. The Morgan fingerprint density at radius 3 is 2.41 bits per heavy atom. The summed E-state index contributed by atoms with van der Waals surface area (Å²) in [4.78, 5) is 14.9. The van der Waals surface area contributed by atoms with Gasteiger partial charge in [0.1, 0.15) is 0 Å². The first-order valence-corrected chi connectivity index (χ1v) is 11.5. The molecule has 1 aliphatic heterocycles. The lowest BCUT2D eigenvalue weighted by atomic mass is 9.87. The summed E-state index contributed by atoms with van der Waals surface area (Å²) in [7, 11) is 0. The van der Waals surface area contributed by atoms with Crippen LogP contribution in [0, 0.1) is 6.92 Å². The van der Waals surface area contributed by atoms with Gasteiger partial charge >= 0.3 is 5.97 Å². The van der Waals surface area contributed by atoms with Gasteiger partial charge in [-0.3, -0.25) is 0 Å². The normalized spacial score (nSPS) is 15.7. The van der Waals surface area contributed by atoms with Gasteiger partial charge in [-0.05, 0) is 86.6 Å². The second kappa shape index (κ2) is 8.95. The van der Waals surface area contributed by atoms with Gasteiger partial charge in [0.15, 0.2) is 6.10 Å². The van der Waals surface area contributed by atoms with Crippen molar-refractivity contribution in [1.82, 2.24) is 0 Å². The minimum Gasteiger partial charge on any atom is -0.479 e. The Labute approximate surface area is 190 Å². The molecule has 1 fully saturated rings. The van der Waals surface area contributed by atoms with Crippen LogP contribution in [0.15, 0.2) is 54.6 Å². The Morgan fingerprint density at radius 2 is 1.72 bits per heavy atom. The van der Waals surface area contributed by atoms with Crippen LogP contribution in [0.2, 0.25) is 0 Å². The number of hydrogen-bond acceptors (Lipinski definition) is 3. The van der Waals surface area contributed by atoms with E-state index in [0.29, 0.717) is 0 Å². The summed E-state index contributed by atoms with van der Waals surface area (Å²) in [5, 5.41) is 12.3. The highest BCUT2D eigenvalue weighted by Crippen LogP contribution is 2.41. The molecule has 1 aliphatic rings. The molecule has 0 amide bonds. The molecule has 32 heavy (non-hydrogen) atoms. The van der Waals surface area contributed by atoms with Gasteiger partial charge in [-0.2, -0.15) is 0 Å². The molecule has 4 nitrogen and oxygen atoms in total. The summed E-state index contributed by atoms with van der Waals surface area (Å²) >= 11 is 0. The van der Waals surface area contributed by atoms with Crippen LogP contribution in [0.3, 0.4) is 0 Å². The summed E-state index contributed by atoms with van der Waals surface area (Å²) in [5.74, 6) is -0.966. The zero-order valence-electron chi connectivity index (χ0n) is 19.5. The van der Waals surface area contributed by atoms with Gasteiger partial charge < -0.3 is 14.7 Å². The van der Waals surface area contributed by atoms with E-state index in [1.807, 2.05) is 39.8 Å². The molecule has 1 atom stereocenters. The largest absolute Gasteiger partial charge is 0.479 e. The molecule has 1 heterocycles. The van der Waals surface area contributed by atoms with Crippen molar-refractivity contribution in [2.24, 2.45) is 0 Å². The number of rotatable bonds is 5. The van der Waals surface area contributed by atoms with E-state index in [0.717, 1.165) is 46.1 Å². The Balaban J connectivity index is 1.95. The Hall–Kier alpha value is -2.85. The van der Waals surface area contributed by atoms with Crippen molar-refractivity contribution in [3.63, 3.8) is 0 Å². The van der Waals surface area contributed by atoms with E-state index in [9.17, 15) is 9.90 Å². The maximum atomic E-state index is 12.4. The van der Waals surface area contributed by atoms with E-state index < -0.39 is 17.7 Å². The summed E-state index contributed by atoms with van der Waals surface area (Å²) in [5.41, 5.74) is 4.26. The van der Waals surface area contributed by atoms with Crippen LogP contribution in [0.4, 0.5) is 5.69 Å². The fourth-order valence-electron chi connectivity index (χ4n) is 4.75. The van der Waals surface area contributed by atoms with Crippen LogP contribution in [0.5, 0.6) is 0 Å². The van der Waals surface area contributed by atoms with Crippen molar-refractivity contribution in [3.05, 3.63) is 65.7 Å². The van der Waals surface area contributed by atoms with Crippen molar-refractivity contribution < 1.29 is 14.6 Å². The van der Waals surface area contributed by atoms with Gasteiger partial charge in [-0.1, -0.05) is 42.5 Å². The molecular weight excluding hydrogens is 398 g/mol. The van der Waals surface area contributed by atoms with Gasteiger partial charge in [-0.15, -0.1) is 0 Å². The molecule has 0 unspecified atom stereocenters. The predicted octanol–water partition coefficient (Wildman–Crippen LogP) is 6.75. The number of carboxylic acids is 1. The number of benzene rings is 3. The van der Waals surface area contributed by atoms with Crippen molar-refractivity contribution in [2.75, 3.05) is 18.0 Å². The first-order chi connectivity index (χ1) is 15.2. The highest BCUT2D eigenvalue weighted by Gasteiger charge is 2.31. The maximum Gasteiger partial charge on any atom is 0.337 e. The van der Waals surface area contributed by atoms with E-state index in [-0.39, 0.29) is 0 Å². The first kappa shape index (κ1) is 22.3. The van der Waals surface area contributed by atoms with Crippen molar-refractivity contribution in [3.8, 4) is 11.1 Å². The van der Waals surface area contributed by atoms with Crippen LogP contribution in [-0.2, 0) is 9.53 Å². The Kier molecular flexibility index (Phi) is 6.25. The highest BCUT2D eigenvalue weighted by atomic mass is 16.5. The van der Waals surface area contributed by atoms with Crippen LogP contribution >= 0.6 is 0 Å².